The normalized spacial score (nSPS) is 20.9. The number of nitrogens with zero attached hydrogens (tertiary/aromatic N) is 6. The highest BCUT2D eigenvalue weighted by Gasteiger charge is 2.40. The highest BCUT2D eigenvalue weighted by atomic mass is 16.2. The molecule has 0 radical (unpaired) electrons. The molecule has 2 atom stereocenters. The number of nitrogens with one attached hydrogen (secondary N) is 3. The summed E-state index contributed by atoms with van der Waals surface area (Å²) in [5.41, 5.74) is 1.75. The van der Waals surface area contributed by atoms with Crippen LogP contribution in [0.4, 0.5) is 0 Å². The summed E-state index contributed by atoms with van der Waals surface area (Å²) < 4.78 is 1.63. The molecule has 2 bridgehead atoms. The molecular weight excluding hydrogens is 502 g/mol. The van der Waals surface area contributed by atoms with E-state index in [0.29, 0.717) is 30.2 Å². The lowest BCUT2D eigenvalue weighted by Gasteiger charge is -2.41. The Hall–Kier alpha value is -4.55. The lowest BCUT2D eigenvalue weighted by Crippen LogP contribution is -2.64. The van der Waals surface area contributed by atoms with E-state index < -0.39 is 18.0 Å². The topological polar surface area (TPSA) is 158 Å². The van der Waals surface area contributed by atoms with Crippen LogP contribution in [0.15, 0.2) is 42.7 Å². The van der Waals surface area contributed by atoms with Crippen LogP contribution >= 0.6 is 0 Å². The minimum atomic E-state index is -0.963. The van der Waals surface area contributed by atoms with Gasteiger partial charge in [-0.05, 0) is 18.9 Å². The van der Waals surface area contributed by atoms with Gasteiger partial charge in [-0.25, -0.2) is 4.98 Å². The minimum Gasteiger partial charge on any atom is -0.348 e. The van der Waals surface area contributed by atoms with Crippen LogP contribution in [0.2, 0.25) is 0 Å². The van der Waals surface area contributed by atoms with Crippen LogP contribution in [0.3, 0.4) is 0 Å². The van der Waals surface area contributed by atoms with Crippen LogP contribution in [-0.4, -0.2) is 90.1 Å². The summed E-state index contributed by atoms with van der Waals surface area (Å²) in [5, 5.41) is 13.9. The molecule has 2 aliphatic rings. The first-order valence-corrected chi connectivity index (χ1v) is 13.0. The standard InChI is InChI=1S/C26H31N9O4/c1-17-27-14-21(29-17)25(38)33-10-11-35-22(16-33)24(37)28-13-19-15-34(32-31-19)9-5-8-23(36)30-20(26(35)39)12-18-6-3-2-4-7-18/h2-4,6-7,14-15,20,22H,5,8-13,16H2,1H3,(H,27,29)(H,28,37)(H,30,36)/t20-,22+/m0/s1. The van der Waals surface area contributed by atoms with E-state index in [2.05, 4.69) is 30.9 Å². The number of hydrogen-bond donors (Lipinski definition) is 3. The van der Waals surface area contributed by atoms with Crippen molar-refractivity contribution in [3.8, 4) is 0 Å². The first-order chi connectivity index (χ1) is 18.9. The average molecular weight is 534 g/mol. The molecule has 1 fully saturated rings. The second-order valence-electron chi connectivity index (χ2n) is 9.79. The van der Waals surface area contributed by atoms with Gasteiger partial charge < -0.3 is 25.4 Å². The molecule has 0 saturated carbocycles. The first kappa shape index (κ1) is 26.1. The van der Waals surface area contributed by atoms with Crippen molar-refractivity contribution in [1.82, 2.24) is 45.4 Å². The number of aryl methyl sites for hydroxylation is 2. The number of carbonyl (C=O) groups excluding carboxylic acids is 4. The number of benzene rings is 1. The van der Waals surface area contributed by atoms with Crippen molar-refractivity contribution in [3.05, 3.63) is 65.5 Å². The van der Waals surface area contributed by atoms with E-state index in [9.17, 15) is 19.2 Å². The molecule has 0 unspecified atom stereocenters. The fourth-order valence-corrected chi connectivity index (χ4v) is 4.90. The van der Waals surface area contributed by atoms with Crippen molar-refractivity contribution in [3.63, 3.8) is 0 Å². The van der Waals surface area contributed by atoms with Crippen molar-refractivity contribution in [2.75, 3.05) is 19.6 Å². The quantitative estimate of drug-likeness (QED) is 0.421. The number of hydrogen-bond acceptors (Lipinski definition) is 7. The number of H-pyrrole nitrogens is 1. The Kier molecular flexibility index (Phi) is 7.66. The summed E-state index contributed by atoms with van der Waals surface area (Å²) in [6.45, 7) is 2.70. The van der Waals surface area contributed by atoms with E-state index in [1.807, 2.05) is 30.3 Å². The molecule has 3 aromatic rings. The molecule has 0 aliphatic carbocycles. The number of fused-ring (bicyclic) bond motifs is 3. The molecule has 39 heavy (non-hydrogen) atoms. The smallest absolute Gasteiger partial charge is 0.272 e. The first-order valence-electron chi connectivity index (χ1n) is 13.0. The van der Waals surface area contributed by atoms with Gasteiger partial charge in [0.1, 0.15) is 29.3 Å². The largest absolute Gasteiger partial charge is 0.348 e. The fraction of sp³-hybridized carbons (Fsp3) is 0.423. The molecule has 13 nitrogen and oxygen atoms in total. The number of imidazole rings is 1. The monoisotopic (exact) mass is 533 g/mol. The van der Waals surface area contributed by atoms with Gasteiger partial charge in [0, 0.05) is 32.5 Å². The molecule has 4 heterocycles. The summed E-state index contributed by atoms with van der Waals surface area (Å²) in [4.78, 5) is 63.5. The van der Waals surface area contributed by atoms with Gasteiger partial charge in [-0.3, -0.25) is 23.9 Å². The Labute approximate surface area is 224 Å². The Morgan fingerprint density at radius 1 is 1.10 bits per heavy atom. The van der Waals surface area contributed by atoms with E-state index in [1.54, 1.807) is 17.8 Å². The Bertz CT molecular complexity index is 1350. The van der Waals surface area contributed by atoms with E-state index in [-0.39, 0.29) is 56.7 Å². The lowest BCUT2D eigenvalue weighted by atomic mass is 10.0. The van der Waals surface area contributed by atoms with E-state index in [4.69, 9.17) is 0 Å². The minimum absolute atomic E-state index is 0.00678. The summed E-state index contributed by atoms with van der Waals surface area (Å²) >= 11 is 0. The maximum Gasteiger partial charge on any atom is 0.272 e. The second kappa shape index (κ2) is 11.5. The number of rotatable bonds is 3. The number of carbonyl (C=O) groups is 4. The zero-order valence-corrected chi connectivity index (χ0v) is 21.7. The molecule has 5 rings (SSSR count). The maximum atomic E-state index is 13.9. The zero-order valence-electron chi connectivity index (χ0n) is 21.7. The third-order valence-corrected chi connectivity index (χ3v) is 6.92. The van der Waals surface area contributed by atoms with Crippen LogP contribution < -0.4 is 10.6 Å². The van der Waals surface area contributed by atoms with Gasteiger partial charge in [0.2, 0.25) is 17.7 Å². The van der Waals surface area contributed by atoms with Crippen LogP contribution in [0.5, 0.6) is 0 Å². The molecule has 3 N–H and O–H groups in total. The molecule has 1 aromatic carbocycles. The molecule has 1 saturated heterocycles. The zero-order chi connectivity index (χ0) is 27.4. The molecule has 2 aromatic heterocycles. The Morgan fingerprint density at radius 2 is 1.92 bits per heavy atom. The van der Waals surface area contributed by atoms with Crippen LogP contribution in [0, 0.1) is 6.92 Å². The number of piperazine rings is 1. The molecule has 2 aliphatic heterocycles. The highest BCUT2D eigenvalue weighted by molar-refractivity contribution is 5.95. The van der Waals surface area contributed by atoms with E-state index in [1.165, 1.54) is 16.0 Å². The van der Waals surface area contributed by atoms with E-state index >= 15 is 0 Å². The number of amides is 4. The molecule has 13 heteroatoms. The van der Waals surface area contributed by atoms with Gasteiger partial charge >= 0.3 is 0 Å². The van der Waals surface area contributed by atoms with Crippen LogP contribution in [0.1, 0.15) is 40.4 Å². The Balaban J connectivity index is 1.43. The van der Waals surface area contributed by atoms with Crippen molar-refractivity contribution in [2.24, 2.45) is 0 Å². The van der Waals surface area contributed by atoms with Gasteiger partial charge in [-0.1, -0.05) is 35.5 Å². The highest BCUT2D eigenvalue weighted by Crippen LogP contribution is 2.17. The van der Waals surface area contributed by atoms with Gasteiger partial charge in [0.15, 0.2) is 0 Å². The second-order valence-corrected chi connectivity index (χ2v) is 9.79. The van der Waals surface area contributed by atoms with Gasteiger partial charge in [0.05, 0.1) is 25.5 Å². The average Bonchev–Trinajstić information content (AvgIpc) is 3.59. The van der Waals surface area contributed by atoms with Gasteiger partial charge in [0.25, 0.3) is 5.91 Å². The third-order valence-electron chi connectivity index (χ3n) is 6.92. The lowest BCUT2D eigenvalue weighted by molar-refractivity contribution is -0.146. The predicted octanol–water partition coefficient (Wildman–Crippen LogP) is -0.200. The van der Waals surface area contributed by atoms with Crippen molar-refractivity contribution in [2.45, 2.75) is 51.4 Å². The van der Waals surface area contributed by atoms with Crippen LogP contribution in [0.25, 0.3) is 0 Å². The van der Waals surface area contributed by atoms with E-state index in [0.717, 1.165) is 5.56 Å². The maximum absolute atomic E-state index is 13.9. The molecule has 4 amide bonds. The number of aromatic nitrogens is 5. The Morgan fingerprint density at radius 3 is 2.69 bits per heavy atom. The van der Waals surface area contributed by atoms with Crippen molar-refractivity contribution in [1.29, 1.82) is 0 Å². The summed E-state index contributed by atoms with van der Waals surface area (Å²) in [6, 6.07) is 7.59. The summed E-state index contributed by atoms with van der Waals surface area (Å²) in [6.07, 6.45) is 4.18. The molecule has 0 spiro atoms. The number of aromatic amines is 1. The van der Waals surface area contributed by atoms with Crippen molar-refractivity contribution < 1.29 is 19.2 Å². The van der Waals surface area contributed by atoms with Gasteiger partial charge in [-0.2, -0.15) is 0 Å². The third kappa shape index (κ3) is 6.13. The summed E-state index contributed by atoms with van der Waals surface area (Å²) in [7, 11) is 0. The van der Waals surface area contributed by atoms with Crippen LogP contribution in [-0.2, 0) is 33.9 Å². The SMILES string of the molecule is Cc1ncc(C(=O)N2CCN3C(=O)[C@H](Cc4ccccc4)NC(=O)CCCn4cc(nn4)CNC(=O)[C@H]3C2)[nH]1. The molecule has 204 valence electrons. The summed E-state index contributed by atoms with van der Waals surface area (Å²) in [5.74, 6) is -0.745. The van der Waals surface area contributed by atoms with Crippen molar-refractivity contribution >= 4 is 23.6 Å². The predicted molar refractivity (Wildman–Crippen MR) is 138 cm³/mol. The van der Waals surface area contributed by atoms with Gasteiger partial charge in [-0.15, -0.1) is 5.10 Å². The fourth-order valence-electron chi connectivity index (χ4n) is 4.90. The molecular formula is C26H31N9O4.